The summed E-state index contributed by atoms with van der Waals surface area (Å²) >= 11 is 0. The SMILES string of the molecule is CC(C)[C@@H](CC(=O)[C@]1(O[Si](C)(C)C)C[C@H]2CC[C@]1(C)C2(C)C)NC(=O)OCc1ccccc1. The third kappa shape index (κ3) is 4.92. The molecular formula is C27H43NO4Si. The van der Waals surface area contributed by atoms with Crippen LogP contribution < -0.4 is 5.32 Å². The number of fused-ring (bicyclic) bond motifs is 2. The lowest BCUT2D eigenvalue weighted by Crippen LogP contribution is -2.60. The first-order valence-corrected chi connectivity index (χ1v) is 15.8. The van der Waals surface area contributed by atoms with Gasteiger partial charge >= 0.3 is 6.09 Å². The van der Waals surface area contributed by atoms with Crippen LogP contribution in [0.15, 0.2) is 30.3 Å². The van der Waals surface area contributed by atoms with Gasteiger partial charge in [-0.15, -0.1) is 0 Å². The fourth-order valence-electron chi connectivity index (χ4n) is 6.14. The lowest BCUT2D eigenvalue weighted by Gasteiger charge is -2.50. The smallest absolute Gasteiger partial charge is 0.407 e. The molecule has 2 fully saturated rings. The number of nitrogens with one attached hydrogen (secondary N) is 1. The predicted molar refractivity (Wildman–Crippen MR) is 134 cm³/mol. The summed E-state index contributed by atoms with van der Waals surface area (Å²) in [6.07, 6.45) is 2.75. The third-order valence-corrected chi connectivity index (χ3v) is 9.48. The first kappa shape index (κ1) is 26.0. The van der Waals surface area contributed by atoms with Gasteiger partial charge in [-0.3, -0.25) is 4.79 Å². The molecule has 1 amide bonds. The Kier molecular flexibility index (Phi) is 7.22. The highest BCUT2D eigenvalue weighted by Crippen LogP contribution is 2.71. The Morgan fingerprint density at radius 1 is 1.12 bits per heavy atom. The van der Waals surface area contributed by atoms with Crippen LogP contribution in [-0.4, -0.2) is 31.8 Å². The Morgan fingerprint density at radius 3 is 2.24 bits per heavy atom. The van der Waals surface area contributed by atoms with E-state index in [0.29, 0.717) is 5.92 Å². The number of rotatable bonds is 9. The standard InChI is InChI=1S/C27H43NO4Si/c1-19(2)22(28-24(30)31-18-20-12-10-9-11-13-20)16-23(29)27(32-33(6,7)8)17-21-14-15-26(27,5)25(21,3)4/h9-13,19,21-22H,14-18H2,1-8H3,(H,28,30)/t21-,22-,26-,27-/m1/s1. The molecule has 0 saturated heterocycles. The molecule has 0 spiro atoms. The van der Waals surface area contributed by atoms with E-state index in [1.54, 1.807) is 0 Å². The minimum atomic E-state index is -2.00. The van der Waals surface area contributed by atoms with Crippen molar-refractivity contribution in [1.82, 2.24) is 5.32 Å². The van der Waals surface area contributed by atoms with Crippen molar-refractivity contribution in [1.29, 1.82) is 0 Å². The number of hydrogen-bond acceptors (Lipinski definition) is 4. The Morgan fingerprint density at radius 2 is 1.76 bits per heavy atom. The van der Waals surface area contributed by atoms with Gasteiger partial charge in [0.25, 0.3) is 0 Å². The summed E-state index contributed by atoms with van der Waals surface area (Å²) in [5, 5.41) is 2.97. The van der Waals surface area contributed by atoms with Crippen molar-refractivity contribution >= 4 is 20.2 Å². The van der Waals surface area contributed by atoms with E-state index in [0.717, 1.165) is 24.8 Å². The van der Waals surface area contributed by atoms with E-state index in [2.05, 4.69) is 45.7 Å². The van der Waals surface area contributed by atoms with Crippen LogP contribution in [0.5, 0.6) is 0 Å². The Hall–Kier alpha value is -1.66. The number of Topliss-reactive ketones (excluding diaryl/α,β-unsaturated/α-hetero) is 1. The summed E-state index contributed by atoms with van der Waals surface area (Å²) < 4.78 is 12.3. The Balaban J connectivity index is 1.76. The van der Waals surface area contributed by atoms with Gasteiger partial charge in [0.15, 0.2) is 14.1 Å². The second-order valence-corrected chi connectivity index (χ2v) is 16.6. The molecule has 0 aliphatic heterocycles. The minimum Gasteiger partial charge on any atom is -0.445 e. The van der Waals surface area contributed by atoms with Crippen molar-refractivity contribution < 1.29 is 18.8 Å². The summed E-state index contributed by atoms with van der Waals surface area (Å²) in [4.78, 5) is 26.7. The molecular weight excluding hydrogens is 430 g/mol. The quantitative estimate of drug-likeness (QED) is 0.425. The fourth-order valence-corrected chi connectivity index (χ4v) is 7.61. The maximum Gasteiger partial charge on any atom is 0.407 e. The van der Waals surface area contributed by atoms with Crippen LogP contribution in [-0.2, 0) is 20.6 Å². The van der Waals surface area contributed by atoms with Crippen molar-refractivity contribution in [2.75, 3.05) is 0 Å². The van der Waals surface area contributed by atoms with Gasteiger partial charge in [0.2, 0.25) is 0 Å². The Labute approximate surface area is 201 Å². The summed E-state index contributed by atoms with van der Waals surface area (Å²) in [5.74, 6) is 0.732. The average molecular weight is 474 g/mol. The summed E-state index contributed by atoms with van der Waals surface area (Å²) in [6.45, 7) is 17.7. The van der Waals surface area contributed by atoms with Crippen LogP contribution in [0.4, 0.5) is 4.79 Å². The van der Waals surface area contributed by atoms with Crippen molar-refractivity contribution in [2.24, 2.45) is 22.7 Å². The van der Waals surface area contributed by atoms with Gasteiger partial charge in [0.05, 0.1) is 0 Å². The molecule has 2 aliphatic rings. The van der Waals surface area contributed by atoms with E-state index < -0.39 is 20.0 Å². The molecule has 184 valence electrons. The zero-order valence-corrected chi connectivity index (χ0v) is 22.8. The van der Waals surface area contributed by atoms with Gasteiger partial charge in [-0.05, 0) is 61.7 Å². The van der Waals surface area contributed by atoms with Crippen molar-refractivity contribution in [2.45, 2.75) is 98.2 Å². The molecule has 0 unspecified atom stereocenters. The summed E-state index contributed by atoms with van der Waals surface area (Å²) in [5.41, 5.74) is 0.0197. The molecule has 2 bridgehead atoms. The molecule has 33 heavy (non-hydrogen) atoms. The topological polar surface area (TPSA) is 64.6 Å². The van der Waals surface area contributed by atoms with Gasteiger partial charge in [-0.1, -0.05) is 65.0 Å². The third-order valence-electron chi connectivity index (χ3n) is 8.52. The lowest BCUT2D eigenvalue weighted by molar-refractivity contribution is -0.152. The van der Waals surface area contributed by atoms with Gasteiger partial charge < -0.3 is 14.5 Å². The molecule has 0 aromatic heterocycles. The largest absolute Gasteiger partial charge is 0.445 e. The second-order valence-electron chi connectivity index (χ2n) is 12.2. The molecule has 2 saturated carbocycles. The van der Waals surface area contributed by atoms with Crippen LogP contribution in [0, 0.1) is 22.7 Å². The highest BCUT2D eigenvalue weighted by atomic mass is 28.4. The molecule has 4 atom stereocenters. The first-order valence-electron chi connectivity index (χ1n) is 12.4. The van der Waals surface area contributed by atoms with Gasteiger partial charge in [0.1, 0.15) is 12.2 Å². The van der Waals surface area contributed by atoms with Gasteiger partial charge in [0, 0.05) is 17.9 Å². The first-order chi connectivity index (χ1) is 15.2. The molecule has 1 N–H and O–H groups in total. The lowest BCUT2D eigenvalue weighted by atomic mass is 9.62. The molecule has 0 heterocycles. The fraction of sp³-hybridized carbons (Fsp3) is 0.704. The average Bonchev–Trinajstić information content (AvgIpc) is 3.03. The van der Waals surface area contributed by atoms with E-state index >= 15 is 0 Å². The zero-order valence-electron chi connectivity index (χ0n) is 21.8. The number of carbonyl (C=O) groups excluding carboxylic acids is 2. The number of benzene rings is 1. The summed E-state index contributed by atoms with van der Waals surface area (Å²) in [6, 6.07) is 9.31. The number of ether oxygens (including phenoxy) is 1. The van der Waals surface area contributed by atoms with Crippen LogP contribution >= 0.6 is 0 Å². The highest BCUT2D eigenvalue weighted by molar-refractivity contribution is 6.70. The molecule has 1 aromatic carbocycles. The minimum absolute atomic E-state index is 0.0533. The van der Waals surface area contributed by atoms with E-state index in [9.17, 15) is 9.59 Å². The highest BCUT2D eigenvalue weighted by Gasteiger charge is 2.72. The molecule has 1 aromatic rings. The van der Waals surface area contributed by atoms with Crippen molar-refractivity contribution in [3.8, 4) is 0 Å². The number of carbonyl (C=O) groups is 2. The number of hydrogen-bond donors (Lipinski definition) is 1. The normalized spacial score (nSPS) is 29.2. The molecule has 5 nitrogen and oxygen atoms in total. The van der Waals surface area contributed by atoms with Gasteiger partial charge in [-0.25, -0.2) is 4.79 Å². The zero-order chi connectivity index (χ0) is 24.7. The van der Waals surface area contributed by atoms with E-state index in [4.69, 9.17) is 9.16 Å². The van der Waals surface area contributed by atoms with Crippen molar-refractivity contribution in [3.63, 3.8) is 0 Å². The van der Waals surface area contributed by atoms with E-state index in [1.807, 2.05) is 44.2 Å². The maximum absolute atomic E-state index is 14.1. The number of ketones is 1. The number of alkyl carbamates (subject to hydrolysis) is 1. The van der Waals surface area contributed by atoms with Gasteiger partial charge in [-0.2, -0.15) is 0 Å². The molecule has 3 rings (SSSR count). The van der Waals surface area contributed by atoms with Crippen LogP contribution in [0.2, 0.25) is 19.6 Å². The summed E-state index contributed by atoms with van der Waals surface area (Å²) in [7, 11) is -2.00. The molecule has 6 heteroatoms. The molecule has 2 aliphatic carbocycles. The monoisotopic (exact) mass is 473 g/mol. The van der Waals surface area contributed by atoms with Crippen molar-refractivity contribution in [3.05, 3.63) is 35.9 Å². The van der Waals surface area contributed by atoms with Crippen LogP contribution in [0.25, 0.3) is 0 Å². The number of amides is 1. The van der Waals surface area contributed by atoms with E-state index in [1.165, 1.54) is 0 Å². The Bertz CT molecular complexity index is 863. The second kappa shape index (κ2) is 9.18. The van der Waals surface area contributed by atoms with E-state index in [-0.39, 0.29) is 41.6 Å². The molecule has 0 radical (unpaired) electrons. The van der Waals surface area contributed by atoms with Crippen LogP contribution in [0.3, 0.4) is 0 Å². The maximum atomic E-state index is 14.1. The predicted octanol–water partition coefficient (Wildman–Crippen LogP) is 6.33. The van der Waals surface area contributed by atoms with Crippen LogP contribution in [0.1, 0.15) is 65.9 Å².